The molecule has 1 aromatic carbocycles. The molecule has 0 saturated carbocycles. The number of benzene rings is 1. The van der Waals surface area contributed by atoms with Gasteiger partial charge in [0.25, 0.3) is 0 Å². The maximum absolute atomic E-state index is 10.2. The molecule has 138 valence electrons. The van der Waals surface area contributed by atoms with Crippen LogP contribution in [0.15, 0.2) is 18.2 Å². The number of aliphatic hydroxyl groups excluding tert-OH is 1. The molecule has 2 atom stereocenters. The van der Waals surface area contributed by atoms with Gasteiger partial charge in [-0.3, -0.25) is 4.90 Å². The molecule has 1 aliphatic rings. The van der Waals surface area contributed by atoms with Gasteiger partial charge < -0.3 is 19.3 Å². The van der Waals surface area contributed by atoms with E-state index in [-0.39, 0.29) is 12.4 Å². The third kappa shape index (κ3) is 6.13. The molecule has 1 heterocycles. The predicted molar refractivity (Wildman–Crippen MR) is 97.3 cm³/mol. The van der Waals surface area contributed by atoms with Crippen LogP contribution in [-0.2, 0) is 11.3 Å². The van der Waals surface area contributed by atoms with E-state index < -0.39 is 6.10 Å². The first kappa shape index (κ1) is 21.0. The first-order valence-corrected chi connectivity index (χ1v) is 8.34. The van der Waals surface area contributed by atoms with Crippen LogP contribution in [0.25, 0.3) is 0 Å². The molecule has 0 bridgehead atoms. The SMILES string of the molecule is COc1ccc(OC)c(COCC(O)CN2CCCCC2C)c1.Cl. The van der Waals surface area contributed by atoms with Gasteiger partial charge in [0, 0.05) is 18.2 Å². The van der Waals surface area contributed by atoms with Gasteiger partial charge in [-0.15, -0.1) is 12.4 Å². The molecule has 2 unspecified atom stereocenters. The molecule has 1 saturated heterocycles. The zero-order valence-electron chi connectivity index (χ0n) is 14.9. The number of halogens is 1. The van der Waals surface area contributed by atoms with Crippen LogP contribution in [0.2, 0.25) is 0 Å². The second-order valence-corrected chi connectivity index (χ2v) is 6.19. The Labute approximate surface area is 151 Å². The van der Waals surface area contributed by atoms with Crippen molar-refractivity contribution in [2.75, 3.05) is 33.9 Å². The van der Waals surface area contributed by atoms with E-state index in [0.29, 0.717) is 25.8 Å². The number of hydrogen-bond donors (Lipinski definition) is 1. The largest absolute Gasteiger partial charge is 0.497 e. The molecule has 0 spiro atoms. The smallest absolute Gasteiger partial charge is 0.124 e. The molecule has 0 amide bonds. The van der Waals surface area contributed by atoms with Crippen molar-refractivity contribution in [3.63, 3.8) is 0 Å². The Morgan fingerprint density at radius 1 is 1.25 bits per heavy atom. The maximum atomic E-state index is 10.2. The molecule has 1 aromatic rings. The number of piperidine rings is 1. The summed E-state index contributed by atoms with van der Waals surface area (Å²) in [6, 6.07) is 6.17. The summed E-state index contributed by atoms with van der Waals surface area (Å²) in [6.07, 6.45) is 3.26. The highest BCUT2D eigenvalue weighted by atomic mass is 35.5. The predicted octanol–water partition coefficient (Wildman–Crippen LogP) is 2.88. The van der Waals surface area contributed by atoms with Gasteiger partial charge in [-0.1, -0.05) is 6.42 Å². The minimum atomic E-state index is -0.466. The zero-order chi connectivity index (χ0) is 16.7. The first-order chi connectivity index (χ1) is 11.1. The van der Waals surface area contributed by atoms with E-state index in [4.69, 9.17) is 14.2 Å². The van der Waals surface area contributed by atoms with Gasteiger partial charge in [0.05, 0.1) is 33.5 Å². The molecule has 5 nitrogen and oxygen atoms in total. The number of rotatable bonds is 8. The van der Waals surface area contributed by atoms with E-state index in [0.717, 1.165) is 23.6 Å². The molecule has 1 aliphatic heterocycles. The Bertz CT molecular complexity index is 486. The Hall–Kier alpha value is -1.01. The summed E-state index contributed by atoms with van der Waals surface area (Å²) in [5.41, 5.74) is 0.922. The topological polar surface area (TPSA) is 51.2 Å². The van der Waals surface area contributed by atoms with Crippen molar-refractivity contribution in [2.24, 2.45) is 0 Å². The van der Waals surface area contributed by atoms with Crippen molar-refractivity contribution in [3.05, 3.63) is 23.8 Å². The summed E-state index contributed by atoms with van der Waals surface area (Å²) in [5, 5.41) is 10.2. The molecule has 2 rings (SSSR count). The van der Waals surface area contributed by atoms with Crippen LogP contribution in [0.5, 0.6) is 11.5 Å². The highest BCUT2D eigenvalue weighted by Crippen LogP contribution is 2.24. The Morgan fingerprint density at radius 3 is 2.71 bits per heavy atom. The lowest BCUT2D eigenvalue weighted by atomic mass is 10.0. The average Bonchev–Trinajstić information content (AvgIpc) is 2.57. The second-order valence-electron chi connectivity index (χ2n) is 6.19. The van der Waals surface area contributed by atoms with Crippen LogP contribution >= 0.6 is 12.4 Å². The number of methoxy groups -OCH3 is 2. The lowest BCUT2D eigenvalue weighted by Gasteiger charge is -2.34. The van der Waals surface area contributed by atoms with Crippen molar-refractivity contribution >= 4 is 12.4 Å². The minimum Gasteiger partial charge on any atom is -0.497 e. The number of β-amino-alcohol motifs (C(OH)–C–C–N with tert-alkyl or cyclic N) is 1. The Morgan fingerprint density at radius 2 is 2.04 bits per heavy atom. The Balaban J connectivity index is 0.00000288. The highest BCUT2D eigenvalue weighted by molar-refractivity contribution is 5.85. The van der Waals surface area contributed by atoms with Crippen LogP contribution < -0.4 is 9.47 Å². The van der Waals surface area contributed by atoms with Gasteiger partial charge in [-0.25, -0.2) is 0 Å². The number of hydrogen-bond acceptors (Lipinski definition) is 5. The molecule has 0 aromatic heterocycles. The molecule has 1 N–H and O–H groups in total. The van der Waals surface area contributed by atoms with Gasteiger partial charge in [0.1, 0.15) is 11.5 Å². The lowest BCUT2D eigenvalue weighted by Crippen LogP contribution is -2.43. The van der Waals surface area contributed by atoms with E-state index in [9.17, 15) is 5.11 Å². The van der Waals surface area contributed by atoms with Crippen molar-refractivity contribution in [3.8, 4) is 11.5 Å². The van der Waals surface area contributed by atoms with Crippen LogP contribution in [0.4, 0.5) is 0 Å². The van der Waals surface area contributed by atoms with Gasteiger partial charge in [-0.2, -0.15) is 0 Å². The molecule has 0 radical (unpaired) electrons. The van der Waals surface area contributed by atoms with E-state index in [1.807, 2.05) is 18.2 Å². The van der Waals surface area contributed by atoms with Gasteiger partial charge in [0.15, 0.2) is 0 Å². The summed E-state index contributed by atoms with van der Waals surface area (Å²) in [4.78, 5) is 2.35. The quantitative estimate of drug-likeness (QED) is 0.773. The molecule has 6 heteroatoms. The lowest BCUT2D eigenvalue weighted by molar-refractivity contribution is -0.00180. The summed E-state index contributed by atoms with van der Waals surface area (Å²) >= 11 is 0. The third-order valence-corrected chi connectivity index (χ3v) is 4.44. The molecule has 1 fully saturated rings. The summed E-state index contributed by atoms with van der Waals surface area (Å²) < 4.78 is 16.2. The fraction of sp³-hybridized carbons (Fsp3) is 0.667. The number of ether oxygens (including phenoxy) is 3. The monoisotopic (exact) mass is 359 g/mol. The van der Waals surface area contributed by atoms with Crippen molar-refractivity contribution < 1.29 is 19.3 Å². The number of aliphatic hydroxyl groups is 1. The standard InChI is InChI=1S/C18H29NO4.ClH/c1-14-6-4-5-9-19(14)11-16(20)13-23-12-15-10-17(21-2)7-8-18(15)22-3;/h7-8,10,14,16,20H,4-6,9,11-13H2,1-3H3;1H. The molecule has 24 heavy (non-hydrogen) atoms. The van der Waals surface area contributed by atoms with E-state index in [1.54, 1.807) is 14.2 Å². The molecular formula is C18H30ClNO4. The Kier molecular flexibility index (Phi) is 9.44. The fourth-order valence-electron chi connectivity index (χ4n) is 3.05. The van der Waals surface area contributed by atoms with E-state index in [1.165, 1.54) is 19.3 Å². The van der Waals surface area contributed by atoms with Gasteiger partial charge in [-0.05, 0) is 44.5 Å². The average molecular weight is 360 g/mol. The molecule has 0 aliphatic carbocycles. The van der Waals surface area contributed by atoms with Crippen LogP contribution in [0, 0.1) is 0 Å². The highest BCUT2D eigenvalue weighted by Gasteiger charge is 2.20. The molecular weight excluding hydrogens is 330 g/mol. The van der Waals surface area contributed by atoms with E-state index >= 15 is 0 Å². The summed E-state index contributed by atoms with van der Waals surface area (Å²) in [5.74, 6) is 1.54. The maximum Gasteiger partial charge on any atom is 0.124 e. The van der Waals surface area contributed by atoms with Crippen molar-refractivity contribution in [1.82, 2.24) is 4.90 Å². The number of nitrogens with zero attached hydrogens (tertiary/aromatic N) is 1. The summed E-state index contributed by atoms with van der Waals surface area (Å²) in [7, 11) is 3.27. The number of likely N-dealkylation sites (tertiary alicyclic amines) is 1. The van der Waals surface area contributed by atoms with Crippen LogP contribution in [0.3, 0.4) is 0 Å². The second kappa shape index (κ2) is 10.8. The summed E-state index contributed by atoms with van der Waals surface area (Å²) in [6.45, 7) is 4.70. The van der Waals surface area contributed by atoms with Crippen LogP contribution in [-0.4, -0.2) is 56.1 Å². The van der Waals surface area contributed by atoms with Crippen LogP contribution in [0.1, 0.15) is 31.7 Å². The van der Waals surface area contributed by atoms with Crippen molar-refractivity contribution in [1.29, 1.82) is 0 Å². The van der Waals surface area contributed by atoms with Crippen molar-refractivity contribution in [2.45, 2.75) is 44.9 Å². The van der Waals surface area contributed by atoms with Gasteiger partial charge >= 0.3 is 0 Å². The normalized spacial score (nSPS) is 19.4. The first-order valence-electron chi connectivity index (χ1n) is 8.34. The minimum absolute atomic E-state index is 0. The fourth-order valence-corrected chi connectivity index (χ4v) is 3.05. The zero-order valence-corrected chi connectivity index (χ0v) is 15.7. The van der Waals surface area contributed by atoms with Gasteiger partial charge in [0.2, 0.25) is 0 Å². The van der Waals surface area contributed by atoms with E-state index in [2.05, 4.69) is 11.8 Å². The third-order valence-electron chi connectivity index (χ3n) is 4.44.